The molecule has 0 unspecified atom stereocenters. The maximum atomic E-state index is 13.8. The molecule has 3 rings (SSSR count). The molecule has 1 saturated heterocycles. The molecule has 0 atom stereocenters. The number of aliphatic imine (C=N–C) groups is 1. The summed E-state index contributed by atoms with van der Waals surface area (Å²) in [5, 5.41) is 2.29. The Hall–Kier alpha value is -3.63. The van der Waals surface area contributed by atoms with E-state index in [-0.39, 0.29) is 55.7 Å². The molecule has 1 heterocycles. The van der Waals surface area contributed by atoms with Gasteiger partial charge in [0.25, 0.3) is 5.91 Å². The number of halogens is 4. The van der Waals surface area contributed by atoms with Crippen LogP contribution in [-0.4, -0.2) is 55.9 Å². The van der Waals surface area contributed by atoms with Gasteiger partial charge in [0.15, 0.2) is 5.96 Å². The van der Waals surface area contributed by atoms with Crippen LogP contribution < -0.4 is 16.0 Å². The third-order valence-electron chi connectivity index (χ3n) is 5.24. The van der Waals surface area contributed by atoms with Gasteiger partial charge in [0.1, 0.15) is 5.82 Å². The van der Waals surface area contributed by atoms with Crippen LogP contribution in [0.2, 0.25) is 0 Å². The zero-order valence-corrected chi connectivity index (χ0v) is 17.8. The number of nitrogens with zero attached hydrogens (tertiary/aromatic N) is 3. The summed E-state index contributed by atoms with van der Waals surface area (Å²) in [6.45, 7) is 0.819. The van der Waals surface area contributed by atoms with Gasteiger partial charge in [-0.15, -0.1) is 0 Å². The SMILES string of the molecule is CN=C(N)NC(=O)Cc1ccc(N2CCN(C(=O)c3ccc(F)cc3)CC2)c(C(F)(F)F)c1. The number of amides is 2. The number of carbonyl (C=O) groups is 2. The molecule has 3 N–H and O–H groups in total. The number of benzene rings is 2. The first-order chi connectivity index (χ1) is 15.6. The number of carbonyl (C=O) groups excluding carboxylic acids is 2. The van der Waals surface area contributed by atoms with Crippen LogP contribution in [0.15, 0.2) is 47.5 Å². The summed E-state index contributed by atoms with van der Waals surface area (Å²) >= 11 is 0. The standard InChI is InChI=1S/C22H23F4N5O2/c1-28-21(27)29-19(32)13-14-2-7-18(17(12-14)22(24,25)26)30-8-10-31(11-9-30)20(33)15-3-5-16(23)6-4-15/h2-7,12H,8-11,13H2,1H3,(H3,27,28,29,32). The van der Waals surface area contributed by atoms with E-state index in [0.717, 1.165) is 6.07 Å². The molecule has 0 spiro atoms. The summed E-state index contributed by atoms with van der Waals surface area (Å²) in [4.78, 5) is 31.2. The second kappa shape index (κ2) is 9.88. The summed E-state index contributed by atoms with van der Waals surface area (Å²) < 4.78 is 54.4. The van der Waals surface area contributed by atoms with Crippen LogP contribution in [0.1, 0.15) is 21.5 Å². The maximum Gasteiger partial charge on any atom is 0.418 e. The lowest BCUT2D eigenvalue weighted by atomic mass is 10.0. The Morgan fingerprint density at radius 1 is 1.06 bits per heavy atom. The van der Waals surface area contributed by atoms with Gasteiger partial charge in [0.2, 0.25) is 5.91 Å². The largest absolute Gasteiger partial charge is 0.418 e. The van der Waals surface area contributed by atoms with Crippen molar-refractivity contribution in [2.45, 2.75) is 12.6 Å². The summed E-state index contributed by atoms with van der Waals surface area (Å²) in [6, 6.07) is 8.86. The van der Waals surface area contributed by atoms with Gasteiger partial charge in [-0.1, -0.05) is 6.07 Å². The van der Waals surface area contributed by atoms with Crippen molar-refractivity contribution in [3.05, 3.63) is 65.0 Å². The van der Waals surface area contributed by atoms with E-state index in [1.54, 1.807) is 4.90 Å². The van der Waals surface area contributed by atoms with Crippen LogP contribution >= 0.6 is 0 Å². The van der Waals surface area contributed by atoms with Gasteiger partial charge in [-0.2, -0.15) is 13.2 Å². The van der Waals surface area contributed by atoms with Crippen LogP contribution in [0.4, 0.5) is 23.2 Å². The predicted molar refractivity (Wildman–Crippen MR) is 115 cm³/mol. The molecule has 2 aromatic rings. The molecule has 2 aromatic carbocycles. The topological polar surface area (TPSA) is 91.0 Å². The van der Waals surface area contributed by atoms with Crippen molar-refractivity contribution in [2.75, 3.05) is 38.1 Å². The Bertz CT molecular complexity index is 1050. The van der Waals surface area contributed by atoms with Gasteiger partial charge in [-0.3, -0.25) is 19.9 Å². The minimum absolute atomic E-state index is 0.0184. The van der Waals surface area contributed by atoms with E-state index in [1.807, 2.05) is 0 Å². The third kappa shape index (κ3) is 5.99. The summed E-state index contributed by atoms with van der Waals surface area (Å²) in [5.74, 6) is -1.46. The molecular weight excluding hydrogens is 442 g/mol. The fourth-order valence-corrected chi connectivity index (χ4v) is 3.55. The average Bonchev–Trinajstić information content (AvgIpc) is 2.78. The molecule has 1 aliphatic rings. The molecule has 0 bridgehead atoms. The Kier molecular flexibility index (Phi) is 7.19. The average molecular weight is 465 g/mol. The van der Waals surface area contributed by atoms with Gasteiger partial charge < -0.3 is 15.5 Å². The monoisotopic (exact) mass is 465 g/mol. The van der Waals surface area contributed by atoms with Gasteiger partial charge in [0.05, 0.1) is 12.0 Å². The first kappa shape index (κ1) is 24.0. The number of hydrogen-bond donors (Lipinski definition) is 2. The van der Waals surface area contributed by atoms with E-state index in [1.165, 1.54) is 48.3 Å². The van der Waals surface area contributed by atoms with Gasteiger partial charge in [-0.05, 0) is 42.0 Å². The number of guanidine groups is 1. The Morgan fingerprint density at radius 3 is 2.27 bits per heavy atom. The fourth-order valence-electron chi connectivity index (χ4n) is 3.55. The van der Waals surface area contributed by atoms with E-state index in [2.05, 4.69) is 10.3 Å². The smallest absolute Gasteiger partial charge is 0.370 e. The number of alkyl halides is 3. The molecule has 176 valence electrons. The number of nitrogens with one attached hydrogen (secondary N) is 1. The highest BCUT2D eigenvalue weighted by molar-refractivity contribution is 5.97. The lowest BCUT2D eigenvalue weighted by molar-refractivity contribution is -0.137. The first-order valence-corrected chi connectivity index (χ1v) is 10.1. The molecule has 0 aliphatic carbocycles. The molecular formula is C22H23F4N5O2. The first-order valence-electron chi connectivity index (χ1n) is 10.1. The van der Waals surface area contributed by atoms with Crippen molar-refractivity contribution in [3.8, 4) is 0 Å². The number of piperazine rings is 1. The molecule has 7 nitrogen and oxygen atoms in total. The normalized spacial score (nSPS) is 14.9. The predicted octanol–water partition coefficient (Wildman–Crippen LogP) is 2.41. The quantitative estimate of drug-likeness (QED) is 0.412. The van der Waals surface area contributed by atoms with Crippen LogP contribution in [0.3, 0.4) is 0 Å². The minimum Gasteiger partial charge on any atom is -0.370 e. The Balaban J connectivity index is 1.73. The number of nitrogens with two attached hydrogens (primary N) is 1. The van der Waals surface area contributed by atoms with Crippen molar-refractivity contribution in [1.29, 1.82) is 0 Å². The van der Waals surface area contributed by atoms with Gasteiger partial charge in [-0.25, -0.2) is 4.39 Å². The number of hydrogen-bond acceptors (Lipinski definition) is 4. The Labute approximate surface area is 187 Å². The van der Waals surface area contributed by atoms with E-state index in [9.17, 15) is 27.2 Å². The van der Waals surface area contributed by atoms with Crippen LogP contribution in [0.25, 0.3) is 0 Å². The van der Waals surface area contributed by atoms with Crippen molar-refractivity contribution in [1.82, 2.24) is 10.2 Å². The fraction of sp³-hybridized carbons (Fsp3) is 0.318. The molecule has 0 saturated carbocycles. The molecule has 0 aromatic heterocycles. The second-order valence-electron chi connectivity index (χ2n) is 7.47. The summed E-state index contributed by atoms with van der Waals surface area (Å²) in [6.07, 6.45) is -4.92. The van der Waals surface area contributed by atoms with E-state index in [0.29, 0.717) is 5.56 Å². The lowest BCUT2D eigenvalue weighted by Crippen LogP contribution is -2.49. The van der Waals surface area contributed by atoms with Gasteiger partial charge in [0, 0.05) is 44.5 Å². The second-order valence-corrected chi connectivity index (χ2v) is 7.47. The van der Waals surface area contributed by atoms with Crippen LogP contribution in [0.5, 0.6) is 0 Å². The maximum absolute atomic E-state index is 13.8. The van der Waals surface area contributed by atoms with E-state index >= 15 is 0 Å². The van der Waals surface area contributed by atoms with E-state index in [4.69, 9.17) is 5.73 Å². The molecule has 0 radical (unpaired) electrons. The molecule has 33 heavy (non-hydrogen) atoms. The van der Waals surface area contributed by atoms with Crippen molar-refractivity contribution in [3.63, 3.8) is 0 Å². The highest BCUT2D eigenvalue weighted by Gasteiger charge is 2.36. The molecule has 1 fully saturated rings. The van der Waals surface area contributed by atoms with E-state index < -0.39 is 23.5 Å². The third-order valence-corrected chi connectivity index (χ3v) is 5.24. The molecule has 1 aliphatic heterocycles. The number of rotatable bonds is 4. The zero-order chi connectivity index (χ0) is 24.2. The number of anilines is 1. The van der Waals surface area contributed by atoms with Crippen molar-refractivity contribution >= 4 is 23.5 Å². The van der Waals surface area contributed by atoms with Crippen LogP contribution in [-0.2, 0) is 17.4 Å². The van der Waals surface area contributed by atoms with Crippen LogP contribution in [0, 0.1) is 5.82 Å². The summed E-state index contributed by atoms with van der Waals surface area (Å²) in [5.41, 5.74) is 5.03. The lowest BCUT2D eigenvalue weighted by Gasteiger charge is -2.37. The summed E-state index contributed by atoms with van der Waals surface area (Å²) in [7, 11) is 1.37. The van der Waals surface area contributed by atoms with Crippen molar-refractivity contribution < 1.29 is 27.2 Å². The Morgan fingerprint density at radius 2 is 1.70 bits per heavy atom. The zero-order valence-electron chi connectivity index (χ0n) is 17.8. The van der Waals surface area contributed by atoms with Crippen molar-refractivity contribution in [2.24, 2.45) is 10.7 Å². The van der Waals surface area contributed by atoms with Gasteiger partial charge >= 0.3 is 6.18 Å². The molecule has 11 heteroatoms. The highest BCUT2D eigenvalue weighted by atomic mass is 19.4. The molecule has 2 amide bonds. The highest BCUT2D eigenvalue weighted by Crippen LogP contribution is 2.37. The minimum atomic E-state index is -4.63.